The van der Waals surface area contributed by atoms with Crippen molar-refractivity contribution in [3.63, 3.8) is 0 Å². The van der Waals surface area contributed by atoms with Crippen LogP contribution in [0.4, 0.5) is 18.9 Å². The summed E-state index contributed by atoms with van der Waals surface area (Å²) in [5.74, 6) is 0. The molecule has 0 radical (unpaired) electrons. The molecule has 0 bridgehead atoms. The van der Waals surface area contributed by atoms with Gasteiger partial charge in [0, 0.05) is 0 Å². The predicted octanol–water partition coefficient (Wildman–Crippen LogP) is 0.868. The molecular weight excluding hydrogens is 285 g/mol. The van der Waals surface area contributed by atoms with E-state index >= 15 is 0 Å². The van der Waals surface area contributed by atoms with Crippen molar-refractivity contribution in [1.29, 1.82) is 0 Å². The highest BCUT2D eigenvalue weighted by atomic mass is 32.2. The summed E-state index contributed by atoms with van der Waals surface area (Å²) in [5.41, 5.74) is 3.04. The van der Waals surface area contributed by atoms with Crippen molar-refractivity contribution >= 4 is 20.9 Å². The van der Waals surface area contributed by atoms with Gasteiger partial charge in [-0.15, -0.1) is 0 Å². The van der Waals surface area contributed by atoms with Crippen molar-refractivity contribution in [1.82, 2.24) is 10.9 Å². The van der Waals surface area contributed by atoms with Crippen molar-refractivity contribution in [3.05, 3.63) is 29.8 Å². The van der Waals surface area contributed by atoms with Crippen LogP contribution in [-0.4, -0.2) is 20.3 Å². The molecule has 0 saturated heterocycles. The van der Waals surface area contributed by atoms with Crippen molar-refractivity contribution in [2.75, 3.05) is 11.4 Å². The minimum atomic E-state index is -4.65. The molecule has 19 heavy (non-hydrogen) atoms. The summed E-state index contributed by atoms with van der Waals surface area (Å²) in [4.78, 5) is 3.56. The van der Waals surface area contributed by atoms with Crippen LogP contribution in [0.2, 0.25) is 0 Å². The second kappa shape index (κ2) is 4.70. The normalized spacial score (nSPS) is 15.8. The Morgan fingerprint density at radius 3 is 2.53 bits per heavy atom. The van der Waals surface area contributed by atoms with Crippen LogP contribution < -0.4 is 15.6 Å². The van der Waals surface area contributed by atoms with E-state index in [2.05, 4.69) is 15.8 Å². The fraction of sp³-hybridized carbons (Fsp3) is 0.222. The second-order valence-electron chi connectivity index (χ2n) is 3.57. The van der Waals surface area contributed by atoms with Gasteiger partial charge in [0.15, 0.2) is 0 Å². The quantitative estimate of drug-likeness (QED) is 0.756. The Bertz CT molecular complexity index is 612. The van der Waals surface area contributed by atoms with E-state index < -0.39 is 32.6 Å². The number of hydrogen-bond acceptors (Lipinski definition) is 5. The number of sulfonamides is 1. The number of anilines is 1. The van der Waals surface area contributed by atoms with Gasteiger partial charge in [-0.2, -0.15) is 21.6 Å². The molecule has 6 nitrogen and oxygen atoms in total. The molecule has 0 amide bonds. The first-order chi connectivity index (χ1) is 8.81. The number of benzene rings is 1. The van der Waals surface area contributed by atoms with Gasteiger partial charge in [-0.3, -0.25) is 10.1 Å². The molecule has 104 valence electrons. The predicted molar refractivity (Wildman–Crippen MR) is 62.6 cm³/mol. The van der Waals surface area contributed by atoms with Crippen LogP contribution in [0.5, 0.6) is 0 Å². The fourth-order valence-corrected chi connectivity index (χ4v) is 2.44. The highest BCUT2D eigenvalue weighted by Gasteiger charge is 2.35. The number of nitrogens with one attached hydrogen (secondary N) is 3. The lowest BCUT2D eigenvalue weighted by Crippen LogP contribution is -2.37. The van der Waals surface area contributed by atoms with Crippen molar-refractivity contribution in [2.24, 2.45) is 4.99 Å². The number of rotatable bonds is 2. The van der Waals surface area contributed by atoms with E-state index in [9.17, 15) is 21.6 Å². The van der Waals surface area contributed by atoms with E-state index in [0.717, 1.165) is 12.1 Å². The van der Waals surface area contributed by atoms with Gasteiger partial charge in [0.25, 0.3) is 15.2 Å². The lowest BCUT2D eigenvalue weighted by Gasteiger charge is -2.14. The lowest BCUT2D eigenvalue weighted by atomic mass is 10.2. The third kappa shape index (κ3) is 2.96. The first-order valence-corrected chi connectivity index (χ1v) is 6.51. The molecule has 1 aromatic carbocycles. The van der Waals surface area contributed by atoms with Gasteiger partial charge < -0.3 is 0 Å². The zero-order chi connectivity index (χ0) is 14.1. The summed E-state index contributed by atoms with van der Waals surface area (Å²) in [7, 11) is -4.17. The first-order valence-electron chi connectivity index (χ1n) is 5.03. The Hall–Kier alpha value is -1.81. The van der Waals surface area contributed by atoms with Crippen molar-refractivity contribution < 1.29 is 21.6 Å². The number of alkyl halides is 3. The number of nitrogens with zero attached hydrogens (tertiary/aromatic N) is 1. The second-order valence-corrected chi connectivity index (χ2v) is 5.17. The fourth-order valence-electron chi connectivity index (χ4n) is 1.43. The highest BCUT2D eigenvalue weighted by molar-refractivity contribution is 8.07. The molecule has 2 rings (SSSR count). The van der Waals surface area contributed by atoms with Crippen LogP contribution >= 0.6 is 0 Å². The van der Waals surface area contributed by atoms with Gasteiger partial charge in [-0.05, 0) is 12.1 Å². The Morgan fingerprint density at radius 1 is 1.26 bits per heavy atom. The van der Waals surface area contributed by atoms with Gasteiger partial charge in [-0.25, -0.2) is 10.4 Å². The molecule has 1 heterocycles. The molecule has 0 spiro atoms. The molecule has 0 aromatic heterocycles. The Morgan fingerprint density at radius 2 is 1.95 bits per heavy atom. The molecule has 0 saturated carbocycles. The Kier molecular flexibility index (Phi) is 3.37. The van der Waals surface area contributed by atoms with E-state index in [0.29, 0.717) is 0 Å². The van der Waals surface area contributed by atoms with Crippen LogP contribution in [0.15, 0.2) is 29.3 Å². The highest BCUT2D eigenvalue weighted by Crippen LogP contribution is 2.34. The molecule has 10 heteroatoms. The molecule has 0 aliphatic carbocycles. The van der Waals surface area contributed by atoms with Gasteiger partial charge >= 0.3 is 6.18 Å². The summed E-state index contributed by atoms with van der Waals surface area (Å²) in [6.07, 6.45) is -4.65. The monoisotopic (exact) mass is 294 g/mol. The smallest absolute Gasteiger partial charge is 0.293 e. The molecule has 1 aliphatic heterocycles. The number of hydrazine groups is 1. The topological polar surface area (TPSA) is 82.6 Å². The number of para-hydroxylation sites is 1. The van der Waals surface area contributed by atoms with Crippen LogP contribution in [-0.2, 0) is 16.2 Å². The Balaban J connectivity index is 2.34. The van der Waals surface area contributed by atoms with Gasteiger partial charge in [0.05, 0.1) is 11.3 Å². The molecule has 3 N–H and O–H groups in total. The van der Waals surface area contributed by atoms with Crippen LogP contribution in [0.25, 0.3) is 0 Å². The summed E-state index contributed by atoms with van der Waals surface area (Å²) >= 11 is 0. The van der Waals surface area contributed by atoms with Gasteiger partial charge in [0.1, 0.15) is 6.67 Å². The number of aliphatic imine (C=N–C) groups is 1. The number of amidine groups is 1. The van der Waals surface area contributed by atoms with Crippen molar-refractivity contribution in [3.8, 4) is 0 Å². The van der Waals surface area contributed by atoms with E-state index in [4.69, 9.17) is 0 Å². The lowest BCUT2D eigenvalue weighted by molar-refractivity contribution is -0.136. The third-order valence-electron chi connectivity index (χ3n) is 2.23. The molecule has 1 aliphatic rings. The largest absolute Gasteiger partial charge is 0.418 e. The van der Waals surface area contributed by atoms with Crippen LogP contribution in [0.3, 0.4) is 0 Å². The maximum absolute atomic E-state index is 12.7. The maximum Gasteiger partial charge on any atom is 0.418 e. The Labute approximate surface area is 106 Å². The summed E-state index contributed by atoms with van der Waals surface area (Å²) in [5, 5.41) is -0.454. The maximum atomic E-state index is 12.7. The van der Waals surface area contributed by atoms with E-state index in [1.54, 1.807) is 0 Å². The minimum Gasteiger partial charge on any atom is -0.293 e. The van der Waals surface area contributed by atoms with Crippen LogP contribution in [0.1, 0.15) is 5.56 Å². The molecule has 0 atom stereocenters. The summed E-state index contributed by atoms with van der Waals surface area (Å²) in [6.45, 7) is 0.0250. The zero-order valence-electron chi connectivity index (χ0n) is 9.32. The van der Waals surface area contributed by atoms with Crippen LogP contribution in [0, 0.1) is 0 Å². The van der Waals surface area contributed by atoms with E-state index in [-0.39, 0.29) is 6.67 Å². The number of hydrogen-bond donors (Lipinski definition) is 3. The standard InChI is InChI=1S/C9H9F3N4O2S/c10-9(11,12)6-3-1-2-4-7(6)16-19(17,18)8-13-5-14-15-8/h1-4,14,16H,5H2,(H,13,15). The van der Waals surface area contributed by atoms with Gasteiger partial charge in [0.2, 0.25) is 0 Å². The molecular formula is C9H9F3N4O2S. The van der Waals surface area contributed by atoms with E-state index in [1.807, 2.05) is 4.72 Å². The third-order valence-corrected chi connectivity index (χ3v) is 3.46. The number of halogens is 3. The van der Waals surface area contributed by atoms with Crippen molar-refractivity contribution in [2.45, 2.75) is 6.18 Å². The first kappa shape index (κ1) is 13.6. The van der Waals surface area contributed by atoms with E-state index in [1.165, 1.54) is 12.1 Å². The average Bonchev–Trinajstić information content (AvgIpc) is 2.81. The molecule has 0 unspecified atom stereocenters. The summed E-state index contributed by atoms with van der Waals surface area (Å²) in [6, 6.07) is 4.30. The summed E-state index contributed by atoms with van der Waals surface area (Å²) < 4.78 is 63.5. The zero-order valence-corrected chi connectivity index (χ0v) is 10.1. The SMILES string of the molecule is O=S(=O)(Nc1ccccc1C(F)(F)F)C1=NCNN1. The molecule has 1 aromatic rings. The van der Waals surface area contributed by atoms with Gasteiger partial charge in [-0.1, -0.05) is 12.1 Å². The molecule has 0 fully saturated rings. The average molecular weight is 294 g/mol. The minimum absolute atomic E-state index is 0.0250.